The molecule has 4 nitrogen and oxygen atoms in total. The quantitative estimate of drug-likeness (QED) is 0.764. The summed E-state index contributed by atoms with van der Waals surface area (Å²) in [7, 11) is -0.292. The third-order valence-electron chi connectivity index (χ3n) is 2.90. The van der Waals surface area contributed by atoms with Crippen LogP contribution in [0.25, 0.3) is 0 Å². The van der Waals surface area contributed by atoms with Gasteiger partial charge in [-0.25, -0.2) is 0 Å². The molecule has 0 radical (unpaired) electrons. The van der Waals surface area contributed by atoms with Crippen molar-refractivity contribution in [1.29, 1.82) is 0 Å². The molecule has 108 valence electrons. The second kappa shape index (κ2) is 7.48. The zero-order valence-electron chi connectivity index (χ0n) is 11.4. The van der Waals surface area contributed by atoms with Crippen LogP contribution in [0.5, 0.6) is 0 Å². The molecule has 0 aliphatic carbocycles. The summed E-state index contributed by atoms with van der Waals surface area (Å²) in [6.07, 6.45) is 0. The van der Waals surface area contributed by atoms with Gasteiger partial charge in [-0.15, -0.1) is 0 Å². The third-order valence-corrected chi connectivity index (χ3v) is 5.25. The van der Waals surface area contributed by atoms with Gasteiger partial charge in [0.25, 0.3) is 0 Å². The maximum absolute atomic E-state index is 8.82. The van der Waals surface area contributed by atoms with Crippen LogP contribution in [-0.4, -0.2) is 17.8 Å². The number of hydrogen-bond acceptors (Lipinski definition) is 2. The Kier molecular flexibility index (Phi) is 6.27. The van der Waals surface area contributed by atoms with Gasteiger partial charge in [-0.1, -0.05) is 70.0 Å². The van der Waals surface area contributed by atoms with E-state index in [4.69, 9.17) is 15.9 Å². The van der Waals surface area contributed by atoms with Crippen molar-refractivity contribution in [2.45, 2.75) is 13.8 Å². The van der Waals surface area contributed by atoms with Crippen LogP contribution in [0.4, 0.5) is 0 Å². The molecule has 2 aromatic rings. The van der Waals surface area contributed by atoms with Crippen LogP contribution in [0.2, 0.25) is 0 Å². The van der Waals surface area contributed by atoms with Crippen molar-refractivity contribution in [3.8, 4) is 0 Å². The number of benzene rings is 2. The monoisotopic (exact) mass is 330 g/mol. The van der Waals surface area contributed by atoms with Gasteiger partial charge in [0, 0.05) is 0 Å². The fraction of sp³-hybridized carbons (Fsp3) is 0.143. The van der Waals surface area contributed by atoms with Gasteiger partial charge in [-0.2, -0.15) is 0 Å². The Morgan fingerprint density at radius 3 is 1.40 bits per heavy atom. The molecule has 0 bridgehead atoms. The SMILES string of the molecule is Cc1ccccc1[SiH2]c1ccccc1C.[O]=[Cr](=[O])([OH])[OH]. The number of rotatable bonds is 2. The summed E-state index contributed by atoms with van der Waals surface area (Å²) in [6, 6.07) is 17.5. The maximum atomic E-state index is 8.82. The third kappa shape index (κ3) is 6.75. The minimum absolute atomic E-state index is 0.292. The molecule has 0 aliphatic rings. The van der Waals surface area contributed by atoms with E-state index < -0.39 is 13.6 Å². The first-order valence-electron chi connectivity index (χ1n) is 6.06. The zero-order valence-corrected chi connectivity index (χ0v) is 14.1. The van der Waals surface area contributed by atoms with Crippen LogP contribution < -0.4 is 10.4 Å². The summed E-state index contributed by atoms with van der Waals surface area (Å²) in [5.74, 6) is 0. The fourth-order valence-electron chi connectivity index (χ4n) is 1.82. The molecule has 0 atom stereocenters. The molecule has 0 aromatic heterocycles. The standard InChI is InChI=1S/C14H16Si.Cr.2H2O.2O/c1-11-7-3-5-9-13(11)15-14-10-6-4-8-12(14)2;;;;;/h3-10H,15H2,1-2H3;;2*1H2;;/q;+2;;;;/p-2. The fourth-order valence-corrected chi connectivity index (χ4v) is 3.53. The Balaban J connectivity index is 0.000000347. The second-order valence-electron chi connectivity index (χ2n) is 4.48. The van der Waals surface area contributed by atoms with Crippen LogP contribution in [0.15, 0.2) is 48.5 Å². The van der Waals surface area contributed by atoms with Crippen LogP contribution >= 0.6 is 0 Å². The van der Waals surface area contributed by atoms with E-state index in [-0.39, 0.29) is 9.52 Å². The first-order valence-corrected chi connectivity index (χ1v) is 9.66. The minimum atomic E-state index is -5.25. The van der Waals surface area contributed by atoms with Gasteiger partial charge in [0.2, 0.25) is 0 Å². The average Bonchev–Trinajstić information content (AvgIpc) is 2.33. The van der Waals surface area contributed by atoms with Crippen molar-refractivity contribution in [3.05, 3.63) is 59.7 Å². The van der Waals surface area contributed by atoms with Crippen molar-refractivity contribution in [2.75, 3.05) is 0 Å². The van der Waals surface area contributed by atoms with E-state index in [0.717, 1.165) is 0 Å². The zero-order chi connectivity index (χ0) is 15.2. The molecule has 0 saturated heterocycles. The van der Waals surface area contributed by atoms with Gasteiger partial charge >= 0.3 is 29.5 Å². The van der Waals surface area contributed by atoms with Crippen molar-refractivity contribution in [1.82, 2.24) is 0 Å². The van der Waals surface area contributed by atoms with E-state index in [1.165, 1.54) is 11.1 Å². The molecular formula is C14H18CrO4Si. The molecule has 0 heterocycles. The van der Waals surface area contributed by atoms with Crippen molar-refractivity contribution < 1.29 is 29.5 Å². The van der Waals surface area contributed by atoms with Gasteiger partial charge in [0.1, 0.15) is 0 Å². The summed E-state index contributed by atoms with van der Waals surface area (Å²) in [5.41, 5.74) is 2.87. The molecule has 6 heteroatoms. The molecule has 2 N–H and O–H groups in total. The van der Waals surface area contributed by atoms with E-state index in [1.807, 2.05) is 0 Å². The predicted molar refractivity (Wildman–Crippen MR) is 76.0 cm³/mol. The Morgan fingerprint density at radius 2 is 1.10 bits per heavy atom. The van der Waals surface area contributed by atoms with Gasteiger partial charge in [-0.3, -0.25) is 0 Å². The van der Waals surface area contributed by atoms with Gasteiger partial charge in [0.15, 0.2) is 0 Å². The second-order valence-corrected chi connectivity index (χ2v) is 7.75. The summed E-state index contributed by atoms with van der Waals surface area (Å²) in [5, 5.41) is 3.12. The molecule has 2 rings (SSSR count). The Bertz CT molecular complexity index is 617. The molecule has 0 aliphatic heterocycles. The Labute approximate surface area is 123 Å². The van der Waals surface area contributed by atoms with Crippen LogP contribution in [0.1, 0.15) is 11.1 Å². The Hall–Kier alpha value is -1.29. The predicted octanol–water partition coefficient (Wildman–Crippen LogP) is 0.0689. The number of aryl methyl sites for hydroxylation is 2. The molecule has 0 saturated carbocycles. The van der Waals surface area contributed by atoms with E-state index >= 15 is 0 Å². The van der Waals surface area contributed by atoms with E-state index in [2.05, 4.69) is 62.4 Å². The van der Waals surface area contributed by atoms with E-state index in [9.17, 15) is 0 Å². The van der Waals surface area contributed by atoms with Crippen LogP contribution in [0, 0.1) is 13.8 Å². The molecular weight excluding hydrogens is 312 g/mol. The molecule has 0 unspecified atom stereocenters. The van der Waals surface area contributed by atoms with Gasteiger partial charge in [0.05, 0.1) is 9.52 Å². The van der Waals surface area contributed by atoms with Crippen molar-refractivity contribution >= 4 is 19.9 Å². The van der Waals surface area contributed by atoms with E-state index in [1.54, 1.807) is 10.4 Å². The molecule has 20 heavy (non-hydrogen) atoms. The summed E-state index contributed by atoms with van der Waals surface area (Å²) < 4.78 is 31.9. The first kappa shape index (κ1) is 16.8. The van der Waals surface area contributed by atoms with E-state index in [0.29, 0.717) is 0 Å². The van der Waals surface area contributed by atoms with Gasteiger partial charge in [-0.05, 0) is 13.8 Å². The summed E-state index contributed by atoms with van der Waals surface area (Å²) in [6.45, 7) is 4.42. The molecule has 0 fully saturated rings. The van der Waals surface area contributed by atoms with Crippen molar-refractivity contribution in [2.24, 2.45) is 0 Å². The van der Waals surface area contributed by atoms with Crippen molar-refractivity contribution in [3.63, 3.8) is 0 Å². The molecule has 2 aromatic carbocycles. The van der Waals surface area contributed by atoms with Gasteiger partial charge < -0.3 is 0 Å². The van der Waals surface area contributed by atoms with Crippen LogP contribution in [0.3, 0.4) is 0 Å². The molecule has 0 amide bonds. The first-order chi connectivity index (χ1) is 9.27. The summed E-state index contributed by atoms with van der Waals surface area (Å²) >= 11 is -5.25. The average molecular weight is 330 g/mol. The normalized spacial score (nSPS) is 10.6. The molecule has 0 spiro atoms. The topological polar surface area (TPSA) is 74.6 Å². The Morgan fingerprint density at radius 1 is 0.800 bits per heavy atom. The summed E-state index contributed by atoms with van der Waals surface area (Å²) in [4.78, 5) is 0. The number of hydrogen-bond donors (Lipinski definition) is 2. The van der Waals surface area contributed by atoms with Crippen LogP contribution in [-0.2, 0) is 21.2 Å².